The fourth-order valence-corrected chi connectivity index (χ4v) is 3.90. The fourth-order valence-electron chi connectivity index (χ4n) is 3.90. The highest BCUT2D eigenvalue weighted by Gasteiger charge is 2.63. The summed E-state index contributed by atoms with van der Waals surface area (Å²) in [5.41, 5.74) is 2.70. The standard InChI is InChI=1S/C19H22F3N5O6/c1-3-12(29)32-13-6-11(31-9(2)28)15(33-13)27-14-10(7-24-16(23)25-14)26(17(27)30)8-18(4-5-18)19(20,21)22/h7,11,13,15H,3-6,8H2,1-2H3,(H2,23,24,25)/t11-,13-,15-/m1/s1. The van der Waals surface area contributed by atoms with Crippen LogP contribution in [-0.4, -0.2) is 49.6 Å². The van der Waals surface area contributed by atoms with Gasteiger partial charge in [-0.25, -0.2) is 14.3 Å². The minimum absolute atomic E-state index is 0.0175. The van der Waals surface area contributed by atoms with Gasteiger partial charge in [0.1, 0.15) is 5.52 Å². The highest BCUT2D eigenvalue weighted by molar-refractivity contribution is 5.72. The van der Waals surface area contributed by atoms with Crippen LogP contribution in [0, 0.1) is 5.41 Å². The highest BCUT2D eigenvalue weighted by atomic mass is 19.4. The first kappa shape index (κ1) is 23.0. The van der Waals surface area contributed by atoms with Gasteiger partial charge in [-0.15, -0.1) is 0 Å². The van der Waals surface area contributed by atoms with Crippen molar-refractivity contribution in [2.24, 2.45) is 5.41 Å². The molecule has 4 rings (SSSR count). The maximum Gasteiger partial charge on any atom is 0.396 e. The van der Waals surface area contributed by atoms with E-state index in [1.54, 1.807) is 6.92 Å². The number of aromatic nitrogens is 4. The lowest BCUT2D eigenvalue weighted by Gasteiger charge is -2.20. The van der Waals surface area contributed by atoms with E-state index in [0.29, 0.717) is 0 Å². The van der Waals surface area contributed by atoms with E-state index in [9.17, 15) is 27.6 Å². The minimum atomic E-state index is -4.50. The summed E-state index contributed by atoms with van der Waals surface area (Å²) >= 11 is 0. The van der Waals surface area contributed by atoms with Crippen LogP contribution in [0.25, 0.3) is 11.2 Å². The number of carbonyl (C=O) groups excluding carboxylic acids is 2. The third-order valence-electron chi connectivity index (χ3n) is 5.80. The molecule has 2 N–H and O–H groups in total. The first-order chi connectivity index (χ1) is 15.5. The van der Waals surface area contributed by atoms with E-state index in [1.807, 2.05) is 0 Å². The number of ether oxygens (including phenoxy) is 3. The van der Waals surface area contributed by atoms with Crippen molar-refractivity contribution in [3.63, 3.8) is 0 Å². The van der Waals surface area contributed by atoms with Gasteiger partial charge in [0.25, 0.3) is 0 Å². The smallest absolute Gasteiger partial charge is 0.396 e. The van der Waals surface area contributed by atoms with Gasteiger partial charge in [-0.3, -0.25) is 14.2 Å². The van der Waals surface area contributed by atoms with Crippen molar-refractivity contribution >= 4 is 29.1 Å². The molecule has 0 aromatic carbocycles. The van der Waals surface area contributed by atoms with Crippen molar-refractivity contribution in [3.05, 3.63) is 16.7 Å². The van der Waals surface area contributed by atoms with Crippen LogP contribution in [0.2, 0.25) is 0 Å². The van der Waals surface area contributed by atoms with Crippen LogP contribution in [0.5, 0.6) is 0 Å². The predicted molar refractivity (Wildman–Crippen MR) is 104 cm³/mol. The molecule has 2 aromatic rings. The molecule has 1 aliphatic heterocycles. The first-order valence-electron chi connectivity index (χ1n) is 10.3. The normalized spacial score (nSPS) is 24.1. The number of anilines is 1. The summed E-state index contributed by atoms with van der Waals surface area (Å²) in [7, 11) is 0. The molecule has 33 heavy (non-hydrogen) atoms. The Morgan fingerprint density at radius 1 is 1.33 bits per heavy atom. The predicted octanol–water partition coefficient (Wildman–Crippen LogP) is 1.65. The van der Waals surface area contributed by atoms with E-state index in [1.165, 1.54) is 0 Å². The average Bonchev–Trinajstić information content (AvgIpc) is 3.36. The zero-order valence-corrected chi connectivity index (χ0v) is 17.8. The third-order valence-corrected chi connectivity index (χ3v) is 5.80. The summed E-state index contributed by atoms with van der Waals surface area (Å²) in [4.78, 5) is 44.5. The number of imidazole rings is 1. The molecule has 0 amide bonds. The van der Waals surface area contributed by atoms with Gasteiger partial charge in [-0.2, -0.15) is 18.2 Å². The lowest BCUT2D eigenvalue weighted by Crippen LogP contribution is -2.37. The largest absolute Gasteiger partial charge is 0.457 e. The summed E-state index contributed by atoms with van der Waals surface area (Å²) in [6.07, 6.45) is -7.11. The van der Waals surface area contributed by atoms with Gasteiger partial charge in [0.2, 0.25) is 12.2 Å². The van der Waals surface area contributed by atoms with Gasteiger partial charge >= 0.3 is 23.8 Å². The van der Waals surface area contributed by atoms with E-state index < -0.39 is 54.4 Å². The molecule has 2 aliphatic rings. The van der Waals surface area contributed by atoms with E-state index in [-0.39, 0.29) is 42.8 Å². The summed E-state index contributed by atoms with van der Waals surface area (Å²) in [6.45, 7) is 2.09. The van der Waals surface area contributed by atoms with Crippen LogP contribution in [0.15, 0.2) is 11.0 Å². The number of rotatable bonds is 6. The Morgan fingerprint density at radius 2 is 2.03 bits per heavy atom. The number of esters is 2. The number of nitrogens with two attached hydrogens (primary N) is 1. The Labute approximate surface area is 184 Å². The quantitative estimate of drug-likeness (QED) is 0.620. The number of carbonyl (C=O) groups is 2. The van der Waals surface area contributed by atoms with E-state index in [4.69, 9.17) is 19.9 Å². The molecule has 2 aromatic heterocycles. The topological polar surface area (TPSA) is 141 Å². The van der Waals surface area contributed by atoms with Gasteiger partial charge in [-0.1, -0.05) is 6.92 Å². The first-order valence-corrected chi connectivity index (χ1v) is 10.3. The number of hydrogen-bond donors (Lipinski definition) is 1. The summed E-state index contributed by atoms with van der Waals surface area (Å²) in [5, 5.41) is 0. The maximum absolute atomic E-state index is 13.6. The molecule has 1 saturated carbocycles. The van der Waals surface area contributed by atoms with Crippen LogP contribution >= 0.6 is 0 Å². The van der Waals surface area contributed by atoms with Crippen LogP contribution in [0.4, 0.5) is 19.1 Å². The molecule has 0 bridgehead atoms. The van der Waals surface area contributed by atoms with Crippen molar-refractivity contribution in [3.8, 4) is 0 Å². The van der Waals surface area contributed by atoms with E-state index in [0.717, 1.165) is 22.3 Å². The minimum Gasteiger partial charge on any atom is -0.457 e. The lowest BCUT2D eigenvalue weighted by molar-refractivity contribution is -0.191. The monoisotopic (exact) mass is 473 g/mol. The molecule has 0 radical (unpaired) electrons. The molecule has 0 spiro atoms. The highest BCUT2D eigenvalue weighted by Crippen LogP contribution is 2.58. The summed E-state index contributed by atoms with van der Waals surface area (Å²) < 4.78 is 58.8. The van der Waals surface area contributed by atoms with Crippen molar-refractivity contribution in [1.29, 1.82) is 0 Å². The molecule has 11 nitrogen and oxygen atoms in total. The molecule has 1 saturated heterocycles. The van der Waals surface area contributed by atoms with Crippen molar-refractivity contribution in [1.82, 2.24) is 19.1 Å². The third kappa shape index (κ3) is 4.14. The number of fused-ring (bicyclic) bond motifs is 1. The van der Waals surface area contributed by atoms with Crippen LogP contribution in [0.3, 0.4) is 0 Å². The molecule has 0 unspecified atom stereocenters. The number of halogens is 3. The van der Waals surface area contributed by atoms with Crippen molar-refractivity contribution in [2.75, 3.05) is 5.73 Å². The molecule has 2 fully saturated rings. The molecule has 180 valence electrons. The van der Waals surface area contributed by atoms with Crippen molar-refractivity contribution in [2.45, 2.75) is 70.9 Å². The number of nitrogens with zero attached hydrogens (tertiary/aromatic N) is 4. The van der Waals surface area contributed by atoms with Gasteiger partial charge < -0.3 is 19.9 Å². The Hall–Kier alpha value is -3.16. The molecule has 1 aliphatic carbocycles. The Bertz CT molecular complexity index is 1160. The molecular formula is C19H22F3N5O6. The van der Waals surface area contributed by atoms with Crippen LogP contribution in [0.1, 0.15) is 45.8 Å². The molecular weight excluding hydrogens is 451 g/mol. The Morgan fingerprint density at radius 3 is 2.61 bits per heavy atom. The average molecular weight is 473 g/mol. The maximum atomic E-state index is 13.6. The van der Waals surface area contributed by atoms with Gasteiger partial charge in [0.15, 0.2) is 18.0 Å². The molecule has 3 atom stereocenters. The van der Waals surface area contributed by atoms with E-state index >= 15 is 0 Å². The molecule has 14 heteroatoms. The van der Waals surface area contributed by atoms with E-state index in [2.05, 4.69) is 9.97 Å². The lowest BCUT2D eigenvalue weighted by atomic mass is 10.1. The number of nitrogen functional groups attached to an aromatic ring is 1. The van der Waals surface area contributed by atoms with Crippen LogP contribution in [-0.2, 0) is 30.3 Å². The Balaban J connectivity index is 1.80. The number of alkyl halides is 3. The summed E-state index contributed by atoms with van der Waals surface area (Å²) in [5.74, 6) is -1.48. The second kappa shape index (κ2) is 8.01. The molecule has 3 heterocycles. The van der Waals surface area contributed by atoms with Gasteiger partial charge in [0, 0.05) is 19.9 Å². The van der Waals surface area contributed by atoms with Crippen molar-refractivity contribution < 1.29 is 37.0 Å². The second-order valence-corrected chi connectivity index (χ2v) is 8.14. The van der Waals surface area contributed by atoms with Crippen LogP contribution < -0.4 is 11.4 Å². The van der Waals surface area contributed by atoms with Gasteiger partial charge in [0.05, 0.1) is 18.0 Å². The SMILES string of the molecule is CCC(=O)O[C@H]1C[C@@H](OC(C)=O)[C@H](n2c(=O)n(CC3(C(F)(F)F)CC3)c3cnc(N)nc32)O1. The fraction of sp³-hybridized carbons (Fsp3) is 0.632. The van der Waals surface area contributed by atoms with Gasteiger partial charge in [-0.05, 0) is 12.8 Å². The summed E-state index contributed by atoms with van der Waals surface area (Å²) in [6, 6.07) is 0. The zero-order chi connectivity index (χ0) is 24.1. The Kier molecular flexibility index (Phi) is 5.58. The zero-order valence-electron chi connectivity index (χ0n) is 17.8. The number of hydrogen-bond acceptors (Lipinski definition) is 9. The second-order valence-electron chi connectivity index (χ2n) is 8.14.